The van der Waals surface area contributed by atoms with Crippen molar-refractivity contribution in [3.63, 3.8) is 0 Å². The summed E-state index contributed by atoms with van der Waals surface area (Å²) in [6.07, 6.45) is 4.83. The fraction of sp³-hybridized carbons (Fsp3) is 0.750. The third-order valence-corrected chi connectivity index (χ3v) is 3.31. The molecule has 3 heteroatoms. The molecule has 1 saturated heterocycles. The van der Waals surface area contributed by atoms with Crippen molar-refractivity contribution in [3.8, 4) is 0 Å². The molecule has 0 spiro atoms. The van der Waals surface area contributed by atoms with Crippen LogP contribution in [-0.2, 0) is 13.5 Å². The number of hydrogen-bond donors (Lipinski definition) is 1. The lowest BCUT2D eigenvalue weighted by atomic mass is 10.0. The third-order valence-electron chi connectivity index (χ3n) is 3.31. The Labute approximate surface area is 91.9 Å². The predicted octanol–water partition coefficient (Wildman–Crippen LogP) is 2.11. The van der Waals surface area contributed by atoms with E-state index in [0.717, 1.165) is 13.0 Å². The molecule has 84 valence electrons. The molecule has 1 aromatic heterocycles. The average Bonchev–Trinajstić information content (AvgIpc) is 2.77. The van der Waals surface area contributed by atoms with Gasteiger partial charge in [0.2, 0.25) is 0 Å². The lowest BCUT2D eigenvalue weighted by molar-refractivity contribution is 0.570. The maximum absolute atomic E-state index is 4.62. The fourth-order valence-electron chi connectivity index (χ4n) is 2.58. The van der Waals surface area contributed by atoms with Crippen molar-refractivity contribution < 1.29 is 0 Å². The van der Waals surface area contributed by atoms with Crippen molar-refractivity contribution in [2.24, 2.45) is 7.05 Å². The van der Waals surface area contributed by atoms with Gasteiger partial charge >= 0.3 is 0 Å². The lowest BCUT2D eigenvalue weighted by Crippen LogP contribution is -2.17. The SMILES string of the molecule is CCCc1nn(C)c(C2CCCN2)c1C. The van der Waals surface area contributed by atoms with Crippen molar-refractivity contribution in [2.45, 2.75) is 45.6 Å². The number of aryl methyl sites for hydroxylation is 2. The van der Waals surface area contributed by atoms with Crippen LogP contribution < -0.4 is 5.32 Å². The molecule has 1 N–H and O–H groups in total. The third kappa shape index (κ3) is 1.93. The van der Waals surface area contributed by atoms with E-state index in [0.29, 0.717) is 6.04 Å². The minimum Gasteiger partial charge on any atom is -0.309 e. The second kappa shape index (κ2) is 4.35. The molecule has 1 aliphatic rings. The Balaban J connectivity index is 2.29. The normalized spacial score (nSPS) is 21.1. The minimum atomic E-state index is 0.535. The fourth-order valence-corrected chi connectivity index (χ4v) is 2.58. The van der Waals surface area contributed by atoms with Crippen molar-refractivity contribution in [3.05, 3.63) is 17.0 Å². The highest BCUT2D eigenvalue weighted by atomic mass is 15.3. The first-order chi connectivity index (χ1) is 7.24. The van der Waals surface area contributed by atoms with Gasteiger partial charge in [0.15, 0.2) is 0 Å². The molecule has 2 heterocycles. The molecule has 1 aliphatic heterocycles. The van der Waals surface area contributed by atoms with Crippen LogP contribution in [0.15, 0.2) is 0 Å². The van der Waals surface area contributed by atoms with E-state index in [1.165, 1.54) is 36.2 Å². The zero-order chi connectivity index (χ0) is 10.8. The standard InChI is InChI=1S/C12H21N3/c1-4-6-10-9(2)12(15(3)14-10)11-7-5-8-13-11/h11,13H,4-8H2,1-3H3. The topological polar surface area (TPSA) is 29.9 Å². The molecule has 0 aliphatic carbocycles. The molecule has 1 aromatic rings. The number of nitrogens with zero attached hydrogens (tertiary/aromatic N) is 2. The van der Waals surface area contributed by atoms with Crippen LogP contribution in [-0.4, -0.2) is 16.3 Å². The van der Waals surface area contributed by atoms with Crippen molar-refractivity contribution in [2.75, 3.05) is 6.54 Å². The first kappa shape index (κ1) is 10.7. The number of aromatic nitrogens is 2. The molecule has 0 amide bonds. The Bertz CT molecular complexity index is 335. The maximum Gasteiger partial charge on any atom is 0.0657 e. The molecular formula is C12H21N3. The molecule has 0 radical (unpaired) electrons. The minimum absolute atomic E-state index is 0.535. The molecule has 0 bridgehead atoms. The van der Waals surface area contributed by atoms with Crippen LogP contribution in [0, 0.1) is 6.92 Å². The summed E-state index contributed by atoms with van der Waals surface area (Å²) in [6, 6.07) is 0.535. The Morgan fingerprint density at radius 3 is 2.93 bits per heavy atom. The molecule has 1 atom stereocenters. The molecular weight excluding hydrogens is 186 g/mol. The van der Waals surface area contributed by atoms with Gasteiger partial charge in [-0.15, -0.1) is 0 Å². The van der Waals surface area contributed by atoms with Crippen LogP contribution in [0.3, 0.4) is 0 Å². The number of hydrogen-bond acceptors (Lipinski definition) is 2. The summed E-state index contributed by atoms with van der Waals surface area (Å²) in [6.45, 7) is 5.58. The lowest BCUT2D eigenvalue weighted by Gasteiger charge is -2.11. The highest BCUT2D eigenvalue weighted by Crippen LogP contribution is 2.27. The van der Waals surface area contributed by atoms with Crippen LogP contribution in [0.1, 0.15) is 49.2 Å². The molecule has 2 rings (SSSR count). The van der Waals surface area contributed by atoms with Gasteiger partial charge in [-0.3, -0.25) is 4.68 Å². The van der Waals surface area contributed by atoms with E-state index in [-0.39, 0.29) is 0 Å². The van der Waals surface area contributed by atoms with Crippen molar-refractivity contribution >= 4 is 0 Å². The van der Waals surface area contributed by atoms with E-state index in [2.05, 4.69) is 36.0 Å². The van der Waals surface area contributed by atoms with Crippen LogP contribution >= 0.6 is 0 Å². The van der Waals surface area contributed by atoms with E-state index in [1.54, 1.807) is 0 Å². The molecule has 1 fully saturated rings. The highest BCUT2D eigenvalue weighted by molar-refractivity contribution is 5.28. The van der Waals surface area contributed by atoms with Gasteiger partial charge in [-0.05, 0) is 38.3 Å². The molecule has 1 unspecified atom stereocenters. The number of nitrogens with one attached hydrogen (secondary N) is 1. The number of rotatable bonds is 3. The zero-order valence-electron chi connectivity index (χ0n) is 10.0. The Morgan fingerprint density at radius 2 is 2.33 bits per heavy atom. The second-order valence-corrected chi connectivity index (χ2v) is 4.48. The van der Waals surface area contributed by atoms with Crippen LogP contribution in [0.25, 0.3) is 0 Å². The van der Waals surface area contributed by atoms with E-state index in [4.69, 9.17) is 0 Å². The monoisotopic (exact) mass is 207 g/mol. The van der Waals surface area contributed by atoms with Crippen LogP contribution in [0.4, 0.5) is 0 Å². The van der Waals surface area contributed by atoms with Gasteiger partial charge < -0.3 is 5.32 Å². The molecule has 0 aromatic carbocycles. The zero-order valence-corrected chi connectivity index (χ0v) is 10.0. The van der Waals surface area contributed by atoms with Crippen molar-refractivity contribution in [1.82, 2.24) is 15.1 Å². The van der Waals surface area contributed by atoms with Crippen LogP contribution in [0.2, 0.25) is 0 Å². The Hall–Kier alpha value is -0.830. The predicted molar refractivity (Wildman–Crippen MR) is 61.9 cm³/mol. The second-order valence-electron chi connectivity index (χ2n) is 4.48. The largest absolute Gasteiger partial charge is 0.309 e. The molecule has 15 heavy (non-hydrogen) atoms. The summed E-state index contributed by atoms with van der Waals surface area (Å²) < 4.78 is 2.07. The van der Waals surface area contributed by atoms with Crippen molar-refractivity contribution in [1.29, 1.82) is 0 Å². The Morgan fingerprint density at radius 1 is 1.53 bits per heavy atom. The maximum atomic E-state index is 4.62. The summed E-state index contributed by atoms with van der Waals surface area (Å²) in [7, 11) is 2.07. The summed E-state index contributed by atoms with van der Waals surface area (Å²) in [4.78, 5) is 0. The summed E-state index contributed by atoms with van der Waals surface area (Å²) in [5.41, 5.74) is 4.08. The quantitative estimate of drug-likeness (QED) is 0.822. The average molecular weight is 207 g/mol. The van der Waals surface area contributed by atoms with E-state index < -0.39 is 0 Å². The van der Waals surface area contributed by atoms with Gasteiger partial charge in [0.05, 0.1) is 11.4 Å². The van der Waals surface area contributed by atoms with Gasteiger partial charge in [-0.25, -0.2) is 0 Å². The van der Waals surface area contributed by atoms with Gasteiger partial charge in [0.1, 0.15) is 0 Å². The summed E-state index contributed by atoms with van der Waals surface area (Å²) in [5.74, 6) is 0. The van der Waals surface area contributed by atoms with Gasteiger partial charge in [-0.1, -0.05) is 13.3 Å². The van der Waals surface area contributed by atoms with E-state index in [9.17, 15) is 0 Å². The Kier molecular flexibility index (Phi) is 3.10. The van der Waals surface area contributed by atoms with E-state index >= 15 is 0 Å². The van der Waals surface area contributed by atoms with Gasteiger partial charge in [0, 0.05) is 13.1 Å². The first-order valence-corrected chi connectivity index (χ1v) is 5.99. The first-order valence-electron chi connectivity index (χ1n) is 5.99. The van der Waals surface area contributed by atoms with Crippen LogP contribution in [0.5, 0.6) is 0 Å². The molecule has 3 nitrogen and oxygen atoms in total. The summed E-state index contributed by atoms with van der Waals surface area (Å²) in [5, 5.41) is 8.17. The van der Waals surface area contributed by atoms with E-state index in [1.807, 2.05) is 0 Å². The van der Waals surface area contributed by atoms with Gasteiger partial charge in [-0.2, -0.15) is 5.10 Å². The highest BCUT2D eigenvalue weighted by Gasteiger charge is 2.23. The smallest absolute Gasteiger partial charge is 0.0657 e. The molecule has 0 saturated carbocycles. The summed E-state index contributed by atoms with van der Waals surface area (Å²) >= 11 is 0. The van der Waals surface area contributed by atoms with Gasteiger partial charge in [0.25, 0.3) is 0 Å².